The Morgan fingerprint density at radius 1 is 1.56 bits per heavy atom. The van der Waals surface area contributed by atoms with Gasteiger partial charge in [0.05, 0.1) is 5.69 Å². The molecule has 16 heavy (non-hydrogen) atoms. The lowest BCUT2D eigenvalue weighted by Crippen LogP contribution is -2.37. The molecule has 88 valence electrons. The molecule has 1 aromatic heterocycles. The van der Waals surface area contributed by atoms with Gasteiger partial charge < -0.3 is 4.90 Å². The van der Waals surface area contributed by atoms with Gasteiger partial charge in [-0.2, -0.15) is 0 Å². The molecule has 0 aromatic carbocycles. The van der Waals surface area contributed by atoms with E-state index < -0.39 is 0 Å². The van der Waals surface area contributed by atoms with Gasteiger partial charge in [0, 0.05) is 19.0 Å². The number of aryl methyl sites for hydroxylation is 1. The van der Waals surface area contributed by atoms with E-state index >= 15 is 0 Å². The summed E-state index contributed by atoms with van der Waals surface area (Å²) < 4.78 is 13.8. The van der Waals surface area contributed by atoms with Gasteiger partial charge in [-0.3, -0.25) is 0 Å². The van der Waals surface area contributed by atoms with Crippen LogP contribution in [0.25, 0.3) is 0 Å². The zero-order valence-corrected chi connectivity index (χ0v) is 10.0. The number of aromatic nitrogens is 2. The largest absolute Gasteiger partial charge is 0.354 e. The van der Waals surface area contributed by atoms with Crippen LogP contribution in [0.2, 0.25) is 0 Å². The summed E-state index contributed by atoms with van der Waals surface area (Å²) in [4.78, 5) is 9.84. The first-order chi connectivity index (χ1) is 7.72. The molecular formula is C11H15ClFN3. The fraction of sp³-hybridized carbons (Fsp3) is 0.636. The molecule has 1 saturated heterocycles. The molecule has 1 unspecified atom stereocenters. The van der Waals surface area contributed by atoms with Crippen LogP contribution in [0.3, 0.4) is 0 Å². The van der Waals surface area contributed by atoms with Crippen LogP contribution in [-0.4, -0.2) is 28.9 Å². The van der Waals surface area contributed by atoms with Gasteiger partial charge in [0.15, 0.2) is 11.6 Å². The van der Waals surface area contributed by atoms with E-state index in [-0.39, 0.29) is 5.82 Å². The van der Waals surface area contributed by atoms with E-state index in [0.29, 0.717) is 23.3 Å². The number of rotatable bonds is 2. The van der Waals surface area contributed by atoms with Crippen molar-refractivity contribution in [2.24, 2.45) is 5.92 Å². The molecule has 1 aromatic rings. The Labute approximate surface area is 99.6 Å². The first-order valence-electron chi connectivity index (χ1n) is 5.50. The summed E-state index contributed by atoms with van der Waals surface area (Å²) in [5.41, 5.74) is 0.401. The Kier molecular flexibility index (Phi) is 3.59. The monoisotopic (exact) mass is 243 g/mol. The Morgan fingerprint density at radius 2 is 2.38 bits per heavy atom. The summed E-state index contributed by atoms with van der Waals surface area (Å²) in [5, 5.41) is 0. The van der Waals surface area contributed by atoms with Gasteiger partial charge in [-0.25, -0.2) is 14.4 Å². The van der Waals surface area contributed by atoms with Crippen molar-refractivity contribution in [3.05, 3.63) is 17.8 Å². The zero-order chi connectivity index (χ0) is 11.5. The van der Waals surface area contributed by atoms with Gasteiger partial charge in [-0.15, -0.1) is 11.6 Å². The highest BCUT2D eigenvalue weighted by Gasteiger charge is 2.23. The highest BCUT2D eigenvalue weighted by Crippen LogP contribution is 2.24. The van der Waals surface area contributed by atoms with E-state index in [1.54, 1.807) is 6.92 Å². The van der Waals surface area contributed by atoms with Gasteiger partial charge in [0.25, 0.3) is 0 Å². The lowest BCUT2D eigenvalue weighted by atomic mass is 10.00. The quantitative estimate of drug-likeness (QED) is 0.747. The van der Waals surface area contributed by atoms with Crippen molar-refractivity contribution in [3.8, 4) is 0 Å². The van der Waals surface area contributed by atoms with Crippen molar-refractivity contribution in [1.29, 1.82) is 0 Å². The lowest BCUT2D eigenvalue weighted by molar-refractivity contribution is 0.442. The van der Waals surface area contributed by atoms with Crippen LogP contribution >= 0.6 is 11.6 Å². The Hall–Kier alpha value is -0.900. The molecule has 2 rings (SSSR count). The second kappa shape index (κ2) is 4.95. The summed E-state index contributed by atoms with van der Waals surface area (Å²) in [6.45, 7) is 3.29. The van der Waals surface area contributed by atoms with Crippen LogP contribution in [0.4, 0.5) is 10.2 Å². The summed E-state index contributed by atoms with van der Waals surface area (Å²) >= 11 is 5.85. The van der Waals surface area contributed by atoms with Crippen molar-refractivity contribution in [1.82, 2.24) is 9.97 Å². The number of hydrogen-bond acceptors (Lipinski definition) is 3. The molecule has 0 saturated carbocycles. The predicted octanol–water partition coefficient (Wildman–Crippen LogP) is 2.38. The Bertz CT molecular complexity index is 372. The topological polar surface area (TPSA) is 29.0 Å². The van der Waals surface area contributed by atoms with Gasteiger partial charge in [0.1, 0.15) is 6.33 Å². The summed E-state index contributed by atoms with van der Waals surface area (Å²) in [7, 11) is 0. The van der Waals surface area contributed by atoms with Gasteiger partial charge in [0.2, 0.25) is 0 Å². The van der Waals surface area contributed by atoms with E-state index in [0.717, 1.165) is 25.9 Å². The van der Waals surface area contributed by atoms with Crippen molar-refractivity contribution in [3.63, 3.8) is 0 Å². The second-order valence-corrected chi connectivity index (χ2v) is 4.51. The highest BCUT2D eigenvalue weighted by atomic mass is 35.5. The summed E-state index contributed by atoms with van der Waals surface area (Å²) in [5.74, 6) is 1.17. The van der Waals surface area contributed by atoms with Crippen LogP contribution < -0.4 is 4.90 Å². The molecule has 1 fully saturated rings. The summed E-state index contributed by atoms with van der Waals surface area (Å²) in [6.07, 6.45) is 3.57. The minimum atomic E-state index is -0.308. The van der Waals surface area contributed by atoms with Crippen LogP contribution in [0.15, 0.2) is 6.33 Å². The van der Waals surface area contributed by atoms with Crippen LogP contribution in [0, 0.1) is 18.7 Å². The first kappa shape index (κ1) is 11.6. The fourth-order valence-electron chi connectivity index (χ4n) is 2.05. The minimum Gasteiger partial charge on any atom is -0.354 e. The Morgan fingerprint density at radius 3 is 3.12 bits per heavy atom. The van der Waals surface area contributed by atoms with Crippen molar-refractivity contribution >= 4 is 17.4 Å². The average molecular weight is 244 g/mol. The van der Waals surface area contributed by atoms with Crippen molar-refractivity contribution in [2.45, 2.75) is 19.8 Å². The number of halogens is 2. The molecule has 1 aliphatic rings. The van der Waals surface area contributed by atoms with Gasteiger partial charge in [-0.05, 0) is 25.7 Å². The number of alkyl halides is 1. The second-order valence-electron chi connectivity index (χ2n) is 4.21. The molecule has 0 N–H and O–H groups in total. The standard InChI is InChI=1S/C11H15ClFN3/c1-8-10(13)11(15-7-14-8)16-4-2-3-9(5-12)6-16/h7,9H,2-6H2,1H3. The smallest absolute Gasteiger partial charge is 0.186 e. The summed E-state index contributed by atoms with van der Waals surface area (Å²) in [6, 6.07) is 0. The third-order valence-corrected chi connectivity index (χ3v) is 3.42. The molecule has 2 heterocycles. The third kappa shape index (κ3) is 2.26. The van der Waals surface area contributed by atoms with Crippen molar-refractivity contribution < 1.29 is 4.39 Å². The van der Waals surface area contributed by atoms with Gasteiger partial charge >= 0.3 is 0 Å². The number of piperidine rings is 1. The SMILES string of the molecule is Cc1ncnc(N2CCCC(CCl)C2)c1F. The maximum absolute atomic E-state index is 13.8. The predicted molar refractivity (Wildman–Crippen MR) is 62.4 cm³/mol. The molecule has 3 nitrogen and oxygen atoms in total. The number of anilines is 1. The lowest BCUT2D eigenvalue weighted by Gasteiger charge is -2.32. The Balaban J connectivity index is 2.20. The minimum absolute atomic E-state index is 0.308. The number of nitrogens with zero attached hydrogens (tertiary/aromatic N) is 3. The van der Waals surface area contributed by atoms with Crippen molar-refractivity contribution in [2.75, 3.05) is 23.9 Å². The maximum Gasteiger partial charge on any atom is 0.186 e. The average Bonchev–Trinajstić information content (AvgIpc) is 2.33. The molecular weight excluding hydrogens is 229 g/mol. The molecule has 0 radical (unpaired) electrons. The maximum atomic E-state index is 13.8. The zero-order valence-electron chi connectivity index (χ0n) is 9.29. The molecule has 1 atom stereocenters. The third-order valence-electron chi connectivity index (χ3n) is 2.98. The molecule has 0 spiro atoms. The van der Waals surface area contributed by atoms with E-state index in [2.05, 4.69) is 9.97 Å². The first-order valence-corrected chi connectivity index (χ1v) is 6.04. The van der Waals surface area contributed by atoms with E-state index in [1.165, 1.54) is 6.33 Å². The molecule has 0 aliphatic carbocycles. The van der Waals surface area contributed by atoms with Crippen LogP contribution in [0.5, 0.6) is 0 Å². The van der Waals surface area contributed by atoms with Gasteiger partial charge in [-0.1, -0.05) is 0 Å². The normalized spacial score (nSPS) is 21.2. The van der Waals surface area contributed by atoms with E-state index in [1.807, 2.05) is 4.90 Å². The molecule has 5 heteroatoms. The van der Waals surface area contributed by atoms with Crippen LogP contribution in [-0.2, 0) is 0 Å². The van der Waals surface area contributed by atoms with E-state index in [9.17, 15) is 4.39 Å². The molecule has 0 amide bonds. The van der Waals surface area contributed by atoms with E-state index in [4.69, 9.17) is 11.6 Å². The van der Waals surface area contributed by atoms with Crippen LogP contribution in [0.1, 0.15) is 18.5 Å². The number of hydrogen-bond donors (Lipinski definition) is 0. The fourth-order valence-corrected chi connectivity index (χ4v) is 2.30. The molecule has 1 aliphatic heterocycles. The highest BCUT2D eigenvalue weighted by molar-refractivity contribution is 6.18. The molecule has 0 bridgehead atoms.